The van der Waals surface area contributed by atoms with E-state index in [1.807, 2.05) is 45.2 Å². The van der Waals surface area contributed by atoms with E-state index in [1.54, 1.807) is 19.1 Å². The summed E-state index contributed by atoms with van der Waals surface area (Å²) < 4.78 is 20.5. The van der Waals surface area contributed by atoms with E-state index >= 15 is 4.39 Å². The summed E-state index contributed by atoms with van der Waals surface area (Å²) in [5.41, 5.74) is 3.52. The molecule has 1 amide bonds. The molecule has 1 aliphatic heterocycles. The van der Waals surface area contributed by atoms with Crippen molar-refractivity contribution in [3.63, 3.8) is 0 Å². The van der Waals surface area contributed by atoms with Crippen LogP contribution in [-0.2, 0) is 5.41 Å². The van der Waals surface area contributed by atoms with Crippen molar-refractivity contribution in [1.29, 1.82) is 0 Å². The fourth-order valence-electron chi connectivity index (χ4n) is 5.20. The lowest BCUT2D eigenvalue weighted by Crippen LogP contribution is -2.50. The van der Waals surface area contributed by atoms with Gasteiger partial charge < -0.3 is 25.0 Å². The van der Waals surface area contributed by atoms with Gasteiger partial charge in [-0.25, -0.2) is 19.3 Å². The fourth-order valence-corrected chi connectivity index (χ4v) is 5.20. The van der Waals surface area contributed by atoms with Crippen LogP contribution in [0.4, 0.5) is 10.2 Å². The van der Waals surface area contributed by atoms with Crippen molar-refractivity contribution in [1.82, 2.24) is 40.7 Å². The molecule has 1 unspecified atom stereocenters. The Morgan fingerprint density at radius 2 is 1.95 bits per heavy atom. The molecule has 0 bridgehead atoms. The number of hydrogen-bond donors (Lipinski definition) is 3. The number of piperazine rings is 1. The molecular formula is C31H34FN9O2. The van der Waals surface area contributed by atoms with E-state index in [0.717, 1.165) is 42.1 Å². The average molecular weight is 584 g/mol. The topological polar surface area (TPSA) is 138 Å². The summed E-state index contributed by atoms with van der Waals surface area (Å²) in [5, 5.41) is 10.8. The minimum atomic E-state index is -0.643. The van der Waals surface area contributed by atoms with Crippen molar-refractivity contribution in [2.24, 2.45) is 0 Å². The lowest BCUT2D eigenvalue weighted by atomic mass is 9.96. The lowest BCUT2D eigenvalue weighted by Gasteiger charge is -2.34. The molecule has 6 rings (SSSR count). The van der Waals surface area contributed by atoms with Gasteiger partial charge in [-0.15, -0.1) is 0 Å². The number of carbonyl (C=O) groups excluding carboxylic acids is 1. The number of hydrogen-bond acceptors (Lipinski definition) is 9. The molecule has 0 spiro atoms. The number of amides is 1. The molecule has 0 saturated carbocycles. The molecule has 1 saturated heterocycles. The molecule has 4 aromatic heterocycles. The van der Waals surface area contributed by atoms with Crippen LogP contribution < -0.4 is 15.5 Å². The maximum Gasteiger partial charge on any atom is 0.315 e. The predicted molar refractivity (Wildman–Crippen MR) is 161 cm³/mol. The Labute approximate surface area is 248 Å². The minimum absolute atomic E-state index is 0.163. The first-order chi connectivity index (χ1) is 20.6. The Bertz CT molecular complexity index is 1770. The Morgan fingerprint density at radius 3 is 2.65 bits per heavy atom. The number of benzene rings is 1. The second kappa shape index (κ2) is 11.2. The van der Waals surface area contributed by atoms with Crippen LogP contribution in [0.25, 0.3) is 33.5 Å². The summed E-state index contributed by atoms with van der Waals surface area (Å²) in [4.78, 5) is 36.1. The van der Waals surface area contributed by atoms with Gasteiger partial charge in [0.05, 0.1) is 11.7 Å². The number of nitrogens with one attached hydrogen (secondary N) is 3. The third-order valence-corrected chi connectivity index (χ3v) is 7.66. The summed E-state index contributed by atoms with van der Waals surface area (Å²) in [6, 6.07) is 10.6. The van der Waals surface area contributed by atoms with E-state index in [2.05, 4.69) is 47.5 Å². The molecule has 222 valence electrons. The number of halogens is 1. The van der Waals surface area contributed by atoms with Crippen LogP contribution in [0.2, 0.25) is 0 Å². The van der Waals surface area contributed by atoms with Crippen LogP contribution in [0.1, 0.15) is 62.7 Å². The number of aromatic amines is 1. The van der Waals surface area contributed by atoms with Gasteiger partial charge in [0, 0.05) is 65.1 Å². The van der Waals surface area contributed by atoms with Crippen molar-refractivity contribution in [2.45, 2.75) is 52.1 Å². The Kier molecular flexibility index (Phi) is 7.38. The number of pyridine rings is 1. The maximum atomic E-state index is 15.4. The van der Waals surface area contributed by atoms with Gasteiger partial charge >= 0.3 is 11.8 Å². The fraction of sp³-hybridized carbons (Fsp3) is 0.355. The molecule has 3 N–H and O–H groups in total. The van der Waals surface area contributed by atoms with Gasteiger partial charge in [0.15, 0.2) is 5.82 Å². The summed E-state index contributed by atoms with van der Waals surface area (Å²) in [7, 11) is 0. The number of H-pyrrole nitrogens is 1. The van der Waals surface area contributed by atoms with Crippen LogP contribution in [0, 0.1) is 5.82 Å². The van der Waals surface area contributed by atoms with Gasteiger partial charge in [-0.1, -0.05) is 38.1 Å². The minimum Gasteiger partial charge on any atom is -0.351 e. The predicted octanol–water partition coefficient (Wildman–Crippen LogP) is 4.80. The second-order valence-corrected chi connectivity index (χ2v) is 11.9. The van der Waals surface area contributed by atoms with E-state index in [-0.39, 0.29) is 11.3 Å². The van der Waals surface area contributed by atoms with E-state index < -0.39 is 17.8 Å². The van der Waals surface area contributed by atoms with E-state index in [0.29, 0.717) is 34.3 Å². The molecule has 5 heterocycles. The SMILES string of the molecule is CC1CNCCN1c1ccc(-c2cc3c(-c4ccc([C@@H](C)NC(=O)c5nc(C(C)(C)C)no5)c(F)c4)ncnc3[nH]2)cn1. The highest BCUT2D eigenvalue weighted by Gasteiger charge is 2.25. The molecule has 1 fully saturated rings. The highest BCUT2D eigenvalue weighted by atomic mass is 19.1. The lowest BCUT2D eigenvalue weighted by molar-refractivity contribution is 0.0895. The molecule has 2 atom stereocenters. The molecule has 11 nitrogen and oxygen atoms in total. The highest BCUT2D eigenvalue weighted by Crippen LogP contribution is 2.32. The number of rotatable bonds is 6. The molecule has 0 radical (unpaired) electrons. The largest absolute Gasteiger partial charge is 0.351 e. The number of nitrogens with zero attached hydrogens (tertiary/aromatic N) is 6. The van der Waals surface area contributed by atoms with Crippen LogP contribution in [0.15, 0.2) is 53.4 Å². The molecule has 0 aliphatic carbocycles. The first-order valence-corrected chi connectivity index (χ1v) is 14.3. The highest BCUT2D eigenvalue weighted by molar-refractivity contribution is 5.94. The van der Waals surface area contributed by atoms with Crippen LogP contribution >= 0.6 is 0 Å². The first-order valence-electron chi connectivity index (χ1n) is 14.3. The van der Waals surface area contributed by atoms with E-state index in [4.69, 9.17) is 9.51 Å². The molecule has 1 aliphatic rings. The van der Waals surface area contributed by atoms with E-state index in [9.17, 15) is 4.79 Å². The number of aromatic nitrogens is 6. The molecule has 5 aromatic rings. The van der Waals surface area contributed by atoms with Gasteiger partial charge in [0.1, 0.15) is 23.6 Å². The zero-order valence-electron chi connectivity index (χ0n) is 24.8. The van der Waals surface area contributed by atoms with Crippen molar-refractivity contribution in [3.05, 3.63) is 72.0 Å². The maximum absolute atomic E-state index is 15.4. The zero-order valence-corrected chi connectivity index (χ0v) is 24.8. The summed E-state index contributed by atoms with van der Waals surface area (Å²) in [6.45, 7) is 12.4. The number of anilines is 1. The quantitative estimate of drug-likeness (QED) is 0.257. The summed E-state index contributed by atoms with van der Waals surface area (Å²) in [6.07, 6.45) is 3.31. The molecule has 1 aromatic carbocycles. The summed E-state index contributed by atoms with van der Waals surface area (Å²) in [5.74, 6) is 0.158. The van der Waals surface area contributed by atoms with Crippen molar-refractivity contribution in [3.8, 4) is 22.5 Å². The standard InChI is InChI=1S/C31H34FN9O2/c1-17-14-33-10-11-41(17)25-9-7-20(15-34-25)24-13-22-26(35-16-36-27(22)38-24)19-6-8-21(23(32)12-19)18(2)37-28(42)29-39-30(40-43-29)31(3,4)5/h6-9,12-13,15-18,33H,10-11,14H2,1-5H3,(H,37,42)(H,35,36,38)/t17?,18-/m1/s1. The molecule has 12 heteroatoms. The zero-order chi connectivity index (χ0) is 30.3. The van der Waals surface area contributed by atoms with Gasteiger partial charge in [0.2, 0.25) is 0 Å². The van der Waals surface area contributed by atoms with Gasteiger partial charge in [-0.3, -0.25) is 4.79 Å². The Morgan fingerprint density at radius 1 is 1.14 bits per heavy atom. The smallest absolute Gasteiger partial charge is 0.315 e. The average Bonchev–Trinajstić information content (AvgIpc) is 3.66. The van der Waals surface area contributed by atoms with Crippen molar-refractivity contribution >= 4 is 22.8 Å². The third kappa shape index (κ3) is 5.70. The Balaban J connectivity index is 1.22. The van der Waals surface area contributed by atoms with Gasteiger partial charge in [0.25, 0.3) is 0 Å². The number of carbonyl (C=O) groups is 1. The molecular weight excluding hydrogens is 549 g/mol. The Hall–Kier alpha value is -4.71. The van der Waals surface area contributed by atoms with Crippen molar-refractivity contribution < 1.29 is 13.7 Å². The number of fused-ring (bicyclic) bond motifs is 1. The monoisotopic (exact) mass is 583 g/mol. The third-order valence-electron chi connectivity index (χ3n) is 7.66. The van der Waals surface area contributed by atoms with Gasteiger partial charge in [-0.05, 0) is 38.1 Å². The molecule has 43 heavy (non-hydrogen) atoms. The van der Waals surface area contributed by atoms with Crippen LogP contribution in [-0.4, -0.2) is 61.7 Å². The van der Waals surface area contributed by atoms with Crippen LogP contribution in [0.5, 0.6) is 0 Å². The summed E-state index contributed by atoms with van der Waals surface area (Å²) >= 11 is 0. The van der Waals surface area contributed by atoms with Crippen LogP contribution in [0.3, 0.4) is 0 Å². The second-order valence-electron chi connectivity index (χ2n) is 11.9. The van der Waals surface area contributed by atoms with Crippen molar-refractivity contribution in [2.75, 3.05) is 24.5 Å². The normalized spacial score (nSPS) is 16.4. The first kappa shape index (κ1) is 28.4. The van der Waals surface area contributed by atoms with Gasteiger partial charge in [-0.2, -0.15) is 4.98 Å². The van der Waals surface area contributed by atoms with E-state index in [1.165, 1.54) is 12.4 Å².